The van der Waals surface area contributed by atoms with Gasteiger partial charge in [0.1, 0.15) is 0 Å². The van der Waals surface area contributed by atoms with Gasteiger partial charge in [-0.1, -0.05) is 12.1 Å². The van der Waals surface area contributed by atoms with Crippen molar-refractivity contribution in [2.24, 2.45) is 5.84 Å². The number of aromatic hydroxyl groups is 1. The van der Waals surface area contributed by atoms with Crippen LogP contribution >= 0.6 is 0 Å². The molecule has 0 radical (unpaired) electrons. The van der Waals surface area contributed by atoms with Crippen LogP contribution in [0.4, 0.5) is 0 Å². The Morgan fingerprint density at radius 2 is 2.33 bits per heavy atom. The summed E-state index contributed by atoms with van der Waals surface area (Å²) in [7, 11) is 1.52. The number of benzene rings is 1. The second-order valence-corrected chi connectivity index (χ2v) is 3.18. The zero-order valence-electron chi connectivity index (χ0n) is 8.79. The van der Waals surface area contributed by atoms with Crippen LogP contribution in [0.5, 0.6) is 11.5 Å². The normalized spacial score (nSPS) is 10.0. The first-order valence-corrected chi connectivity index (χ1v) is 4.66. The van der Waals surface area contributed by atoms with Gasteiger partial charge in [0.2, 0.25) is 0 Å². The Morgan fingerprint density at radius 3 is 2.87 bits per heavy atom. The molecule has 0 amide bonds. The van der Waals surface area contributed by atoms with Crippen LogP contribution in [0.15, 0.2) is 24.8 Å². The molecule has 15 heavy (non-hydrogen) atoms. The molecular weight excluding hydrogens is 192 g/mol. The van der Waals surface area contributed by atoms with Crippen molar-refractivity contribution in [1.29, 1.82) is 0 Å². The number of phenolic OH excluding ortho intramolecular Hbond substituents is 1. The lowest BCUT2D eigenvalue weighted by atomic mass is 10.1. The van der Waals surface area contributed by atoms with Crippen LogP contribution in [-0.2, 0) is 13.0 Å². The summed E-state index contributed by atoms with van der Waals surface area (Å²) in [6, 6.07) is 3.66. The molecule has 0 saturated heterocycles. The number of hydrogen-bond acceptors (Lipinski definition) is 4. The third-order valence-corrected chi connectivity index (χ3v) is 2.11. The molecule has 1 aromatic rings. The van der Waals surface area contributed by atoms with Crippen molar-refractivity contribution in [2.75, 3.05) is 7.11 Å². The number of hydrazine groups is 1. The van der Waals surface area contributed by atoms with E-state index in [9.17, 15) is 5.11 Å². The molecule has 0 atom stereocenters. The fourth-order valence-corrected chi connectivity index (χ4v) is 1.41. The largest absolute Gasteiger partial charge is 0.504 e. The van der Waals surface area contributed by atoms with Gasteiger partial charge in [0.15, 0.2) is 11.5 Å². The van der Waals surface area contributed by atoms with E-state index in [0.29, 0.717) is 17.9 Å². The van der Waals surface area contributed by atoms with E-state index in [4.69, 9.17) is 10.6 Å². The molecule has 1 rings (SSSR count). The first-order valence-electron chi connectivity index (χ1n) is 4.66. The van der Waals surface area contributed by atoms with E-state index in [-0.39, 0.29) is 5.75 Å². The van der Waals surface area contributed by atoms with Gasteiger partial charge in [0.05, 0.1) is 7.11 Å². The van der Waals surface area contributed by atoms with Crippen molar-refractivity contribution in [3.63, 3.8) is 0 Å². The van der Waals surface area contributed by atoms with Gasteiger partial charge in [-0.05, 0) is 18.1 Å². The summed E-state index contributed by atoms with van der Waals surface area (Å²) >= 11 is 0. The molecule has 0 aliphatic heterocycles. The predicted molar refractivity (Wildman–Crippen MR) is 59.6 cm³/mol. The lowest BCUT2D eigenvalue weighted by Crippen LogP contribution is -2.21. The van der Waals surface area contributed by atoms with Crippen molar-refractivity contribution in [3.05, 3.63) is 35.9 Å². The smallest absolute Gasteiger partial charge is 0.162 e. The quantitative estimate of drug-likeness (QED) is 0.385. The predicted octanol–water partition coefficient (Wildman–Crippen LogP) is 1.09. The van der Waals surface area contributed by atoms with Crippen molar-refractivity contribution < 1.29 is 9.84 Å². The second-order valence-electron chi connectivity index (χ2n) is 3.18. The van der Waals surface area contributed by atoms with E-state index in [0.717, 1.165) is 12.0 Å². The maximum absolute atomic E-state index is 9.77. The number of methoxy groups -OCH3 is 1. The topological polar surface area (TPSA) is 67.5 Å². The third-order valence-electron chi connectivity index (χ3n) is 2.11. The summed E-state index contributed by atoms with van der Waals surface area (Å²) in [5.74, 6) is 5.81. The van der Waals surface area contributed by atoms with Gasteiger partial charge in [0.25, 0.3) is 0 Å². The van der Waals surface area contributed by atoms with Crippen LogP contribution in [0.25, 0.3) is 0 Å². The molecule has 82 valence electrons. The highest BCUT2D eigenvalue weighted by Gasteiger charge is 2.09. The average molecular weight is 208 g/mol. The minimum atomic E-state index is 0.128. The van der Waals surface area contributed by atoms with E-state index in [1.165, 1.54) is 7.11 Å². The molecule has 0 aliphatic rings. The van der Waals surface area contributed by atoms with Gasteiger partial charge in [-0.15, -0.1) is 6.58 Å². The SMILES string of the molecule is C=CCc1cc(CNN)c(O)c(OC)c1. The molecule has 4 nitrogen and oxygen atoms in total. The monoisotopic (exact) mass is 208 g/mol. The summed E-state index contributed by atoms with van der Waals surface area (Å²) in [6.07, 6.45) is 2.53. The fourth-order valence-electron chi connectivity index (χ4n) is 1.41. The minimum Gasteiger partial charge on any atom is -0.504 e. The molecule has 4 N–H and O–H groups in total. The van der Waals surface area contributed by atoms with Crippen LogP contribution in [0.3, 0.4) is 0 Å². The van der Waals surface area contributed by atoms with Crippen molar-refractivity contribution >= 4 is 0 Å². The third kappa shape index (κ3) is 2.71. The number of phenols is 1. The molecule has 0 aromatic heterocycles. The number of allylic oxidation sites excluding steroid dienone is 1. The first kappa shape index (κ1) is 11.6. The summed E-state index contributed by atoms with van der Waals surface area (Å²) in [6.45, 7) is 4.06. The van der Waals surface area contributed by atoms with Crippen LogP contribution in [0.1, 0.15) is 11.1 Å². The van der Waals surface area contributed by atoms with Gasteiger partial charge in [-0.25, -0.2) is 0 Å². The molecule has 0 aliphatic carbocycles. The van der Waals surface area contributed by atoms with Crippen LogP contribution in [0.2, 0.25) is 0 Å². The molecule has 0 heterocycles. The number of nitrogens with two attached hydrogens (primary N) is 1. The molecule has 0 unspecified atom stereocenters. The lowest BCUT2D eigenvalue weighted by molar-refractivity contribution is 0.369. The summed E-state index contributed by atoms with van der Waals surface area (Å²) in [5.41, 5.74) is 4.25. The van der Waals surface area contributed by atoms with Crippen molar-refractivity contribution in [1.82, 2.24) is 5.43 Å². The van der Waals surface area contributed by atoms with Crippen molar-refractivity contribution in [3.8, 4) is 11.5 Å². The molecule has 0 fully saturated rings. The molecule has 0 saturated carbocycles. The molecule has 4 heteroatoms. The fraction of sp³-hybridized carbons (Fsp3) is 0.273. The second kappa shape index (κ2) is 5.38. The molecule has 0 spiro atoms. The highest BCUT2D eigenvalue weighted by molar-refractivity contribution is 5.48. The maximum atomic E-state index is 9.77. The lowest BCUT2D eigenvalue weighted by Gasteiger charge is -2.11. The first-order chi connectivity index (χ1) is 7.22. The zero-order valence-corrected chi connectivity index (χ0v) is 8.79. The molecule has 0 bridgehead atoms. The number of ether oxygens (including phenoxy) is 1. The van der Waals surface area contributed by atoms with Gasteiger partial charge >= 0.3 is 0 Å². The Kier molecular flexibility index (Phi) is 4.15. The van der Waals surface area contributed by atoms with Crippen LogP contribution < -0.4 is 16.0 Å². The standard InChI is InChI=1S/C11H16N2O2/c1-3-4-8-5-9(7-13-12)11(14)10(6-8)15-2/h3,5-6,13-14H,1,4,7,12H2,2H3. The zero-order chi connectivity index (χ0) is 11.3. The van der Waals surface area contributed by atoms with E-state index in [1.807, 2.05) is 6.07 Å². The van der Waals surface area contributed by atoms with Gasteiger partial charge in [0, 0.05) is 12.1 Å². The number of hydrogen-bond donors (Lipinski definition) is 3. The van der Waals surface area contributed by atoms with E-state index in [1.54, 1.807) is 12.1 Å². The summed E-state index contributed by atoms with van der Waals surface area (Å²) in [4.78, 5) is 0. The summed E-state index contributed by atoms with van der Waals surface area (Å²) < 4.78 is 5.07. The Balaban J connectivity index is 3.12. The van der Waals surface area contributed by atoms with E-state index < -0.39 is 0 Å². The van der Waals surface area contributed by atoms with Crippen LogP contribution in [-0.4, -0.2) is 12.2 Å². The van der Waals surface area contributed by atoms with E-state index in [2.05, 4.69) is 12.0 Å². The van der Waals surface area contributed by atoms with Gasteiger partial charge in [-0.2, -0.15) is 0 Å². The van der Waals surface area contributed by atoms with Gasteiger partial charge < -0.3 is 9.84 Å². The summed E-state index contributed by atoms with van der Waals surface area (Å²) in [5, 5.41) is 9.77. The van der Waals surface area contributed by atoms with Crippen LogP contribution in [0, 0.1) is 0 Å². The molecule has 1 aromatic carbocycles. The Labute approximate surface area is 89.3 Å². The van der Waals surface area contributed by atoms with Crippen molar-refractivity contribution in [2.45, 2.75) is 13.0 Å². The highest BCUT2D eigenvalue weighted by Crippen LogP contribution is 2.31. The van der Waals surface area contributed by atoms with Gasteiger partial charge in [-0.3, -0.25) is 11.3 Å². The highest BCUT2D eigenvalue weighted by atomic mass is 16.5. The average Bonchev–Trinajstić information content (AvgIpc) is 2.23. The Morgan fingerprint density at radius 1 is 1.60 bits per heavy atom. The maximum Gasteiger partial charge on any atom is 0.162 e. The number of rotatable bonds is 5. The number of nitrogens with one attached hydrogen (secondary N) is 1. The molecular formula is C11H16N2O2. The Hall–Kier alpha value is -1.52. The minimum absolute atomic E-state index is 0.128. The Bertz CT molecular complexity index is 351. The van der Waals surface area contributed by atoms with E-state index >= 15 is 0 Å².